The van der Waals surface area contributed by atoms with Gasteiger partial charge in [-0.3, -0.25) is 19.6 Å². The Kier molecular flexibility index (Phi) is 4.06. The van der Waals surface area contributed by atoms with E-state index in [0.29, 0.717) is 25.3 Å². The summed E-state index contributed by atoms with van der Waals surface area (Å²) >= 11 is 0. The van der Waals surface area contributed by atoms with Gasteiger partial charge < -0.3 is 10.6 Å². The van der Waals surface area contributed by atoms with Crippen LogP contribution in [0.2, 0.25) is 0 Å². The molecule has 7 heteroatoms. The van der Waals surface area contributed by atoms with Gasteiger partial charge in [0.1, 0.15) is 0 Å². The van der Waals surface area contributed by atoms with Crippen LogP contribution < -0.4 is 5.73 Å². The van der Waals surface area contributed by atoms with Gasteiger partial charge in [0.15, 0.2) is 5.69 Å². The highest BCUT2D eigenvalue weighted by molar-refractivity contribution is 6.04. The first kappa shape index (κ1) is 14.5. The first-order chi connectivity index (χ1) is 10.6. The Labute approximate surface area is 128 Å². The van der Waals surface area contributed by atoms with Crippen molar-refractivity contribution < 1.29 is 9.59 Å². The van der Waals surface area contributed by atoms with Gasteiger partial charge >= 0.3 is 0 Å². The van der Waals surface area contributed by atoms with Crippen LogP contribution in [0.5, 0.6) is 0 Å². The van der Waals surface area contributed by atoms with E-state index >= 15 is 0 Å². The van der Waals surface area contributed by atoms with Gasteiger partial charge in [0, 0.05) is 31.6 Å². The molecule has 0 spiro atoms. The van der Waals surface area contributed by atoms with E-state index in [2.05, 4.69) is 10.2 Å². The van der Waals surface area contributed by atoms with Crippen molar-refractivity contribution >= 4 is 22.7 Å². The van der Waals surface area contributed by atoms with Crippen molar-refractivity contribution in [3.05, 3.63) is 30.0 Å². The lowest BCUT2D eigenvalue weighted by atomic mass is 10.2. The number of primary amides is 1. The molecule has 1 saturated heterocycles. The van der Waals surface area contributed by atoms with Gasteiger partial charge in [0.05, 0.1) is 12.1 Å². The number of nitrogens with zero attached hydrogens (tertiary/aromatic N) is 3. The molecular formula is C15H19N5O2. The summed E-state index contributed by atoms with van der Waals surface area (Å²) in [5.41, 5.74) is 6.55. The first-order valence-electron chi connectivity index (χ1n) is 7.38. The van der Waals surface area contributed by atoms with Crippen LogP contribution in [-0.2, 0) is 4.79 Å². The minimum absolute atomic E-state index is 0.0709. The second-order valence-corrected chi connectivity index (χ2v) is 5.51. The standard InChI is InChI=1S/C15H19N5O2/c16-13(21)10-19-6-3-7-20(9-8-19)15(22)14-11-4-1-2-5-12(11)17-18-14/h1-2,4-5H,3,6-10H2,(H2,16,21)(H,17,18). The maximum Gasteiger partial charge on any atom is 0.275 e. The molecule has 2 aromatic rings. The highest BCUT2D eigenvalue weighted by Gasteiger charge is 2.23. The lowest BCUT2D eigenvalue weighted by Gasteiger charge is -2.20. The summed E-state index contributed by atoms with van der Waals surface area (Å²) in [6.45, 7) is 2.90. The zero-order valence-corrected chi connectivity index (χ0v) is 12.3. The number of nitrogens with two attached hydrogens (primary N) is 1. The van der Waals surface area contributed by atoms with Crippen LogP contribution >= 0.6 is 0 Å². The number of para-hydroxylation sites is 1. The minimum atomic E-state index is -0.335. The van der Waals surface area contributed by atoms with E-state index in [1.807, 2.05) is 29.2 Å². The summed E-state index contributed by atoms with van der Waals surface area (Å²) in [7, 11) is 0. The SMILES string of the molecule is NC(=O)CN1CCCN(C(=O)c2n[nH]c3ccccc23)CC1. The number of fused-ring (bicyclic) bond motifs is 1. The highest BCUT2D eigenvalue weighted by Crippen LogP contribution is 2.17. The number of nitrogens with one attached hydrogen (secondary N) is 1. The quantitative estimate of drug-likeness (QED) is 0.846. The second-order valence-electron chi connectivity index (χ2n) is 5.51. The van der Waals surface area contributed by atoms with Gasteiger partial charge in [0.25, 0.3) is 5.91 Å². The van der Waals surface area contributed by atoms with Crippen molar-refractivity contribution in [1.29, 1.82) is 0 Å². The molecule has 7 nitrogen and oxygen atoms in total. The molecule has 22 heavy (non-hydrogen) atoms. The molecule has 0 saturated carbocycles. The number of carbonyl (C=O) groups is 2. The Morgan fingerprint density at radius 1 is 1.18 bits per heavy atom. The lowest BCUT2D eigenvalue weighted by molar-refractivity contribution is -0.119. The Morgan fingerprint density at radius 3 is 2.82 bits per heavy atom. The van der Waals surface area contributed by atoms with E-state index in [1.54, 1.807) is 4.90 Å². The largest absolute Gasteiger partial charge is 0.369 e. The van der Waals surface area contributed by atoms with Gasteiger partial charge in [-0.1, -0.05) is 18.2 Å². The van der Waals surface area contributed by atoms with Crippen LogP contribution in [0, 0.1) is 0 Å². The zero-order valence-electron chi connectivity index (χ0n) is 12.3. The van der Waals surface area contributed by atoms with E-state index in [9.17, 15) is 9.59 Å². The fourth-order valence-electron chi connectivity index (χ4n) is 2.83. The van der Waals surface area contributed by atoms with Crippen LogP contribution in [0.3, 0.4) is 0 Å². The molecule has 1 aromatic carbocycles. The van der Waals surface area contributed by atoms with E-state index in [1.165, 1.54) is 0 Å². The van der Waals surface area contributed by atoms with Crippen molar-refractivity contribution in [2.75, 3.05) is 32.7 Å². The summed E-state index contributed by atoms with van der Waals surface area (Å²) in [6, 6.07) is 7.59. The summed E-state index contributed by atoms with van der Waals surface area (Å²) in [5, 5.41) is 7.89. The van der Waals surface area contributed by atoms with Gasteiger partial charge in [-0.05, 0) is 12.5 Å². The smallest absolute Gasteiger partial charge is 0.275 e. The Bertz CT molecular complexity index is 696. The third kappa shape index (κ3) is 2.94. The fraction of sp³-hybridized carbons (Fsp3) is 0.400. The monoisotopic (exact) mass is 301 g/mol. The molecule has 3 rings (SSSR count). The van der Waals surface area contributed by atoms with Crippen molar-refractivity contribution in [2.45, 2.75) is 6.42 Å². The molecule has 0 radical (unpaired) electrons. The lowest BCUT2D eigenvalue weighted by Crippen LogP contribution is -2.38. The summed E-state index contributed by atoms with van der Waals surface area (Å²) in [6.07, 6.45) is 0.821. The van der Waals surface area contributed by atoms with Gasteiger partial charge in [-0.15, -0.1) is 0 Å². The number of carbonyl (C=O) groups excluding carboxylic acids is 2. The summed E-state index contributed by atoms with van der Waals surface area (Å²) in [5.74, 6) is -0.406. The predicted octanol–water partition coefficient (Wildman–Crippen LogP) is 0.196. The number of benzene rings is 1. The van der Waals surface area contributed by atoms with Gasteiger partial charge in [0.2, 0.25) is 5.91 Å². The molecule has 2 amide bonds. The molecule has 0 unspecified atom stereocenters. The Morgan fingerprint density at radius 2 is 2.00 bits per heavy atom. The number of hydrogen-bond donors (Lipinski definition) is 2. The van der Waals surface area contributed by atoms with Gasteiger partial charge in [-0.2, -0.15) is 5.10 Å². The molecule has 0 bridgehead atoms. The van der Waals surface area contributed by atoms with Crippen molar-refractivity contribution in [3.63, 3.8) is 0 Å². The zero-order chi connectivity index (χ0) is 15.5. The number of H-pyrrole nitrogens is 1. The molecule has 1 aliphatic rings. The number of aromatic nitrogens is 2. The van der Waals surface area contributed by atoms with Crippen LogP contribution in [0.4, 0.5) is 0 Å². The first-order valence-corrected chi connectivity index (χ1v) is 7.38. The van der Waals surface area contributed by atoms with Crippen LogP contribution in [0.15, 0.2) is 24.3 Å². The Hall–Kier alpha value is -2.41. The fourth-order valence-corrected chi connectivity index (χ4v) is 2.83. The molecule has 0 aliphatic carbocycles. The molecule has 116 valence electrons. The molecule has 0 atom stereocenters. The van der Waals surface area contributed by atoms with Gasteiger partial charge in [-0.25, -0.2) is 0 Å². The van der Waals surface area contributed by atoms with E-state index < -0.39 is 0 Å². The maximum absolute atomic E-state index is 12.7. The summed E-state index contributed by atoms with van der Waals surface area (Å²) < 4.78 is 0. The topological polar surface area (TPSA) is 95.3 Å². The molecule has 2 heterocycles. The molecule has 1 aromatic heterocycles. The van der Waals surface area contributed by atoms with Crippen molar-refractivity contribution in [3.8, 4) is 0 Å². The molecule has 1 fully saturated rings. The van der Waals surface area contributed by atoms with Crippen molar-refractivity contribution in [1.82, 2.24) is 20.0 Å². The van der Waals surface area contributed by atoms with E-state index in [0.717, 1.165) is 23.9 Å². The van der Waals surface area contributed by atoms with Crippen LogP contribution in [-0.4, -0.2) is 64.5 Å². The number of rotatable bonds is 3. The number of aromatic amines is 1. The Balaban J connectivity index is 1.74. The normalized spacial score (nSPS) is 16.6. The highest BCUT2D eigenvalue weighted by atomic mass is 16.2. The molecule has 3 N–H and O–H groups in total. The van der Waals surface area contributed by atoms with Crippen LogP contribution in [0.25, 0.3) is 10.9 Å². The third-order valence-electron chi connectivity index (χ3n) is 3.93. The van der Waals surface area contributed by atoms with E-state index in [4.69, 9.17) is 5.73 Å². The van der Waals surface area contributed by atoms with Crippen molar-refractivity contribution in [2.24, 2.45) is 5.73 Å². The molecular weight excluding hydrogens is 282 g/mol. The maximum atomic E-state index is 12.7. The minimum Gasteiger partial charge on any atom is -0.369 e. The average molecular weight is 301 g/mol. The van der Waals surface area contributed by atoms with Crippen LogP contribution in [0.1, 0.15) is 16.9 Å². The second kappa shape index (κ2) is 6.15. The molecule has 1 aliphatic heterocycles. The number of hydrogen-bond acceptors (Lipinski definition) is 4. The third-order valence-corrected chi connectivity index (χ3v) is 3.93. The van der Waals surface area contributed by atoms with E-state index in [-0.39, 0.29) is 18.4 Å². The number of amides is 2. The summed E-state index contributed by atoms with van der Waals surface area (Å²) in [4.78, 5) is 27.5. The average Bonchev–Trinajstić information content (AvgIpc) is 2.79. The predicted molar refractivity (Wildman–Crippen MR) is 82.2 cm³/mol.